The molecule has 118 valence electrons. The van der Waals surface area contributed by atoms with E-state index in [0.717, 1.165) is 30.5 Å². The first-order valence-electron chi connectivity index (χ1n) is 5.88. The first-order valence-corrected chi connectivity index (χ1v) is 9.63. The van der Waals surface area contributed by atoms with E-state index in [9.17, 15) is 21.2 Å². The summed E-state index contributed by atoms with van der Waals surface area (Å²) in [7, 11) is -7.94. The quantitative estimate of drug-likeness (QED) is 0.905. The van der Waals surface area contributed by atoms with Gasteiger partial charge in [-0.15, -0.1) is 0 Å². The van der Waals surface area contributed by atoms with Gasteiger partial charge in [0.1, 0.15) is 10.7 Å². The molecule has 0 unspecified atom stereocenters. The summed E-state index contributed by atoms with van der Waals surface area (Å²) in [6, 6.07) is 8.30. The van der Waals surface area contributed by atoms with Crippen molar-refractivity contribution in [1.29, 1.82) is 0 Å². The maximum Gasteiger partial charge on any atom is 0.263 e. The summed E-state index contributed by atoms with van der Waals surface area (Å²) in [5, 5.41) is -0.139. The first kappa shape index (κ1) is 16.7. The molecule has 0 atom stereocenters. The Hall–Kier alpha value is -1.64. The average Bonchev–Trinajstić information content (AvgIpc) is 2.41. The van der Waals surface area contributed by atoms with Gasteiger partial charge in [0.2, 0.25) is 0 Å². The Morgan fingerprint density at radius 1 is 1.00 bits per heavy atom. The third-order valence-corrected chi connectivity index (χ3v) is 5.73. The molecule has 0 saturated carbocycles. The summed E-state index contributed by atoms with van der Waals surface area (Å²) in [6.45, 7) is 0. The van der Waals surface area contributed by atoms with Crippen LogP contribution in [0.25, 0.3) is 0 Å². The molecule has 0 fully saturated rings. The highest BCUT2D eigenvalue weighted by Crippen LogP contribution is 2.27. The normalized spacial score (nSPS) is 12.1. The molecular formula is C13H11ClFNO4S2. The third kappa shape index (κ3) is 3.57. The van der Waals surface area contributed by atoms with Crippen LogP contribution < -0.4 is 4.72 Å². The molecule has 0 aliphatic rings. The molecule has 0 amide bonds. The van der Waals surface area contributed by atoms with E-state index in [2.05, 4.69) is 4.72 Å². The standard InChI is InChI=1S/C13H11ClFNO4S2/c1-21(17,18)12-4-2-3-5-13(12)22(19,20)16-11-7-6-9(15)8-10(11)14/h2-8,16H,1H3. The van der Waals surface area contributed by atoms with Crippen LogP contribution in [-0.4, -0.2) is 23.1 Å². The van der Waals surface area contributed by atoms with Crippen molar-refractivity contribution in [2.24, 2.45) is 0 Å². The molecule has 0 heterocycles. The van der Waals surface area contributed by atoms with Gasteiger partial charge in [-0.1, -0.05) is 23.7 Å². The molecule has 0 aromatic heterocycles. The van der Waals surface area contributed by atoms with Crippen LogP contribution in [-0.2, 0) is 19.9 Å². The fourth-order valence-corrected chi connectivity index (χ4v) is 4.73. The number of rotatable bonds is 4. The molecular weight excluding hydrogens is 353 g/mol. The van der Waals surface area contributed by atoms with Gasteiger partial charge in [-0.3, -0.25) is 4.72 Å². The minimum atomic E-state index is -4.20. The maximum atomic E-state index is 13.0. The molecule has 0 bridgehead atoms. The van der Waals surface area contributed by atoms with Gasteiger partial charge in [0.25, 0.3) is 10.0 Å². The lowest BCUT2D eigenvalue weighted by Gasteiger charge is -2.12. The second kappa shape index (κ2) is 5.86. The Morgan fingerprint density at radius 2 is 1.59 bits per heavy atom. The molecule has 2 aromatic carbocycles. The van der Waals surface area contributed by atoms with Crippen molar-refractivity contribution in [3.63, 3.8) is 0 Å². The highest BCUT2D eigenvalue weighted by molar-refractivity contribution is 7.95. The van der Waals surface area contributed by atoms with Crippen LogP contribution in [0.3, 0.4) is 0 Å². The number of halogens is 2. The molecule has 2 rings (SSSR count). The van der Waals surface area contributed by atoms with E-state index >= 15 is 0 Å². The van der Waals surface area contributed by atoms with Gasteiger partial charge >= 0.3 is 0 Å². The zero-order valence-electron chi connectivity index (χ0n) is 11.2. The number of hydrogen-bond donors (Lipinski definition) is 1. The van der Waals surface area contributed by atoms with E-state index in [1.807, 2.05) is 0 Å². The van der Waals surface area contributed by atoms with E-state index in [-0.39, 0.29) is 15.6 Å². The minimum absolute atomic E-state index is 0.0497. The van der Waals surface area contributed by atoms with Gasteiger partial charge in [0.05, 0.1) is 15.6 Å². The molecule has 0 aliphatic carbocycles. The van der Waals surface area contributed by atoms with Crippen LogP contribution in [0.4, 0.5) is 10.1 Å². The second-order valence-corrected chi connectivity index (χ2v) is 8.49. The Kier molecular flexibility index (Phi) is 4.46. The summed E-state index contributed by atoms with van der Waals surface area (Å²) in [4.78, 5) is -0.737. The van der Waals surface area contributed by atoms with E-state index < -0.39 is 30.6 Å². The predicted molar refractivity (Wildman–Crippen MR) is 81.8 cm³/mol. The highest BCUT2D eigenvalue weighted by atomic mass is 35.5. The molecule has 1 N–H and O–H groups in total. The molecule has 0 radical (unpaired) electrons. The number of nitrogens with one attached hydrogen (secondary N) is 1. The zero-order chi connectivity index (χ0) is 16.5. The average molecular weight is 364 g/mol. The van der Waals surface area contributed by atoms with Crippen LogP contribution in [0.5, 0.6) is 0 Å². The predicted octanol–water partition coefficient (Wildman–Crippen LogP) is 2.68. The molecule has 9 heteroatoms. The molecule has 5 nitrogen and oxygen atoms in total. The van der Waals surface area contributed by atoms with Crippen LogP contribution in [0.15, 0.2) is 52.3 Å². The lowest BCUT2D eigenvalue weighted by molar-refractivity contribution is 0.588. The van der Waals surface area contributed by atoms with Gasteiger partial charge in [0, 0.05) is 6.26 Å². The van der Waals surface area contributed by atoms with Crippen molar-refractivity contribution in [2.75, 3.05) is 11.0 Å². The van der Waals surface area contributed by atoms with Crippen molar-refractivity contribution in [2.45, 2.75) is 9.79 Å². The zero-order valence-corrected chi connectivity index (χ0v) is 13.6. The summed E-state index contributed by atoms with van der Waals surface area (Å²) in [5.41, 5.74) is -0.0497. The van der Waals surface area contributed by atoms with Crippen LogP contribution >= 0.6 is 11.6 Å². The Labute approximate surface area is 132 Å². The molecule has 2 aromatic rings. The lowest BCUT2D eigenvalue weighted by Crippen LogP contribution is -2.16. The number of hydrogen-bond acceptors (Lipinski definition) is 4. The Bertz CT molecular complexity index is 927. The molecule has 0 spiro atoms. The van der Waals surface area contributed by atoms with Gasteiger partial charge in [-0.2, -0.15) is 0 Å². The van der Waals surface area contributed by atoms with Crippen LogP contribution in [0.2, 0.25) is 5.02 Å². The number of sulfone groups is 1. The van der Waals surface area contributed by atoms with Crippen molar-refractivity contribution in [3.8, 4) is 0 Å². The van der Waals surface area contributed by atoms with E-state index in [1.165, 1.54) is 18.2 Å². The van der Waals surface area contributed by atoms with Crippen molar-refractivity contribution in [3.05, 3.63) is 53.3 Å². The van der Waals surface area contributed by atoms with E-state index in [1.54, 1.807) is 0 Å². The summed E-state index contributed by atoms with van der Waals surface area (Å²) >= 11 is 5.77. The third-order valence-electron chi connectivity index (χ3n) is 2.71. The number of sulfonamides is 1. The van der Waals surface area contributed by atoms with Crippen molar-refractivity contribution < 1.29 is 21.2 Å². The first-order chi connectivity index (χ1) is 10.1. The summed E-state index contributed by atoms with van der Waals surface area (Å²) in [6.07, 6.45) is 0.909. The molecule has 0 aliphatic heterocycles. The number of benzene rings is 2. The monoisotopic (exact) mass is 363 g/mol. The van der Waals surface area contributed by atoms with E-state index in [4.69, 9.17) is 11.6 Å². The van der Waals surface area contributed by atoms with Crippen molar-refractivity contribution in [1.82, 2.24) is 0 Å². The van der Waals surface area contributed by atoms with Crippen LogP contribution in [0, 0.1) is 5.82 Å². The SMILES string of the molecule is CS(=O)(=O)c1ccccc1S(=O)(=O)Nc1ccc(F)cc1Cl. The summed E-state index contributed by atoms with van der Waals surface area (Å²) in [5.74, 6) is -0.621. The summed E-state index contributed by atoms with van der Waals surface area (Å²) < 4.78 is 63.3. The van der Waals surface area contributed by atoms with Gasteiger partial charge in [0.15, 0.2) is 9.84 Å². The fourth-order valence-electron chi connectivity index (χ4n) is 1.75. The lowest BCUT2D eigenvalue weighted by atomic mass is 10.3. The van der Waals surface area contributed by atoms with Gasteiger partial charge < -0.3 is 0 Å². The maximum absolute atomic E-state index is 13.0. The van der Waals surface area contributed by atoms with E-state index in [0.29, 0.717) is 0 Å². The minimum Gasteiger partial charge on any atom is -0.278 e. The van der Waals surface area contributed by atoms with Crippen molar-refractivity contribution >= 4 is 37.1 Å². The highest BCUT2D eigenvalue weighted by Gasteiger charge is 2.24. The fraction of sp³-hybridized carbons (Fsp3) is 0.0769. The Morgan fingerprint density at radius 3 is 2.14 bits per heavy atom. The largest absolute Gasteiger partial charge is 0.278 e. The topological polar surface area (TPSA) is 80.3 Å². The number of anilines is 1. The smallest absolute Gasteiger partial charge is 0.263 e. The van der Waals surface area contributed by atoms with Crippen LogP contribution in [0.1, 0.15) is 0 Å². The Balaban J connectivity index is 2.53. The molecule has 0 saturated heterocycles. The van der Waals surface area contributed by atoms with Gasteiger partial charge in [-0.25, -0.2) is 21.2 Å². The molecule has 22 heavy (non-hydrogen) atoms. The van der Waals surface area contributed by atoms with Gasteiger partial charge in [-0.05, 0) is 30.3 Å². The second-order valence-electron chi connectivity index (χ2n) is 4.45.